The fourth-order valence-electron chi connectivity index (χ4n) is 9.21. The lowest BCUT2D eigenvalue weighted by atomic mass is 9.33. The van der Waals surface area contributed by atoms with Crippen molar-refractivity contribution in [2.75, 3.05) is 9.80 Å². The van der Waals surface area contributed by atoms with Crippen LogP contribution in [0.2, 0.25) is 0 Å². The van der Waals surface area contributed by atoms with Crippen molar-refractivity contribution in [2.24, 2.45) is 0 Å². The number of thiophene rings is 1. The smallest absolute Gasteiger partial charge is 0.252 e. The predicted octanol–water partition coefficient (Wildman–Crippen LogP) is 14.7. The Bertz CT molecular complexity index is 4630. The van der Waals surface area contributed by atoms with Gasteiger partial charge in [-0.25, -0.2) is 0 Å². The summed E-state index contributed by atoms with van der Waals surface area (Å²) in [6, 6.07) is -9.08. The number of aromatic nitrogens is 1. The molecule has 0 saturated carbocycles. The highest BCUT2D eigenvalue weighted by Crippen LogP contribution is 2.55. The third-order valence-corrected chi connectivity index (χ3v) is 13.5. The van der Waals surface area contributed by atoms with E-state index in [-0.39, 0.29) is 169 Å². The first-order chi connectivity index (χ1) is 38.2. The van der Waals surface area contributed by atoms with E-state index in [1.54, 1.807) is 46.4 Å². The number of hydrogen-bond acceptors (Lipinski definition) is 3. The lowest BCUT2D eigenvalue weighted by Gasteiger charge is -2.47. The minimum absolute atomic E-state index is 0.0132. The molecule has 0 bridgehead atoms. The van der Waals surface area contributed by atoms with Crippen molar-refractivity contribution in [3.8, 4) is 5.69 Å². The average molecular weight is 858 g/mol. The largest absolute Gasteiger partial charge is 0.311 e. The van der Waals surface area contributed by atoms with Crippen LogP contribution < -0.4 is 26.2 Å². The number of nitrogens with zero attached hydrogens (tertiary/aromatic N) is 3. The molecule has 0 aliphatic carbocycles. The molecule has 0 spiro atoms. The molecule has 3 nitrogen and oxygen atoms in total. The Labute approximate surface area is 405 Å². The van der Waals surface area contributed by atoms with Crippen LogP contribution in [0.15, 0.2) is 121 Å². The molecule has 5 heteroatoms. The van der Waals surface area contributed by atoms with E-state index < -0.39 is 101 Å². The van der Waals surface area contributed by atoms with Crippen LogP contribution in [0.3, 0.4) is 0 Å². The zero-order chi connectivity index (χ0) is 61.3. The minimum Gasteiger partial charge on any atom is -0.311 e. The van der Waals surface area contributed by atoms with Gasteiger partial charge in [0.1, 0.15) is 0 Å². The van der Waals surface area contributed by atoms with Gasteiger partial charge in [0.25, 0.3) is 6.71 Å². The second kappa shape index (κ2) is 12.5. The SMILES string of the molecule is [2H]c1c([2H])c2c3c(c1[2H])-n1c4c([2H])c([2H])c(C(C)(C)C)c([2H])c4c4c([2H])c(C(C)(C)C)c([2H])c(c41)N3c1c([2H])c(C(C)(C)C)c([2H])c3c1B2c1c([2H])c(C(C)(C)C)c([2H])c([2H])c1N3c1c([2H])c([2H])c([2H])c2sc3c([2H])c([2H])c([2H])c([2H])c3c12. The lowest BCUT2D eigenvalue weighted by molar-refractivity contribution is 0.590. The molecule has 0 amide bonds. The number of fused-ring (bicyclic) bond motifs is 12. The monoisotopic (exact) mass is 858 g/mol. The van der Waals surface area contributed by atoms with Crippen LogP contribution in [0.4, 0.5) is 34.1 Å². The first-order valence-electron chi connectivity index (χ1n) is 31.3. The summed E-state index contributed by atoms with van der Waals surface area (Å²) in [6.45, 7) is 19.9. The molecule has 9 aromatic rings. The number of rotatable bonds is 1. The van der Waals surface area contributed by atoms with Crippen molar-refractivity contribution >= 4 is 111 Å². The topological polar surface area (TPSA) is 11.4 Å². The Kier molecular flexibility index (Phi) is 4.60. The van der Waals surface area contributed by atoms with Crippen molar-refractivity contribution in [1.29, 1.82) is 0 Å². The standard InChI is InChI=1S/C58H56BN3S/c1-55(2,3)33-23-25-42-38(27-33)39-28-35(57(7,8)9)32-48-53(39)61(42)45-20-15-18-40-54(45)62(48)47-31-36(58(10,11)12)30-46-52(47)59(40)41-29-34(56(4,5)6)24-26-43(41)60(46)44-19-16-22-50-51(44)37-17-13-14-21-49(37)63-50/h13-32H,1-12H3/i13D,14D,15D,16D,17D,18D,19D,20D,21D,22D,23D,24D,25D,26D,27D,28D,29D,30D,31D,32D. The molecule has 0 atom stereocenters. The Balaban J connectivity index is 1.44. The van der Waals surface area contributed by atoms with Gasteiger partial charge >= 0.3 is 0 Å². The number of para-hydroxylation sites is 1. The number of hydrogen-bond donors (Lipinski definition) is 0. The van der Waals surface area contributed by atoms with E-state index in [2.05, 4.69) is 0 Å². The summed E-state index contributed by atoms with van der Waals surface area (Å²) in [5.74, 6) is 0. The molecule has 0 radical (unpaired) electrons. The molecule has 0 fully saturated rings. The van der Waals surface area contributed by atoms with Gasteiger partial charge in [0.15, 0.2) is 0 Å². The van der Waals surface area contributed by atoms with Crippen LogP contribution in [0, 0.1) is 0 Å². The Morgan fingerprint density at radius 1 is 0.444 bits per heavy atom. The Morgan fingerprint density at radius 2 is 1.03 bits per heavy atom. The van der Waals surface area contributed by atoms with Crippen LogP contribution in [-0.4, -0.2) is 11.3 Å². The van der Waals surface area contributed by atoms with Gasteiger partial charge in [-0.05, 0) is 127 Å². The average Bonchev–Trinajstić information content (AvgIpc) is 1.66. The van der Waals surface area contributed by atoms with E-state index >= 15 is 0 Å². The maximum absolute atomic E-state index is 10.7. The summed E-state index contributed by atoms with van der Waals surface area (Å²) in [7, 11) is 0. The molecular weight excluding hydrogens is 782 g/mol. The van der Waals surface area contributed by atoms with E-state index in [0.29, 0.717) is 0 Å². The zero-order valence-corrected chi connectivity index (χ0v) is 38.1. The van der Waals surface area contributed by atoms with Crippen molar-refractivity contribution in [3.63, 3.8) is 0 Å². The predicted molar refractivity (Wildman–Crippen MR) is 276 cm³/mol. The molecule has 312 valence electrons. The summed E-state index contributed by atoms with van der Waals surface area (Å²) >= 11 is 0.802. The molecule has 0 saturated heterocycles. The molecule has 3 aliphatic rings. The maximum atomic E-state index is 10.7. The molecule has 12 rings (SSSR count). The molecule has 3 aliphatic heterocycles. The Hall–Kier alpha value is -5.78. The minimum atomic E-state index is -1.56. The van der Waals surface area contributed by atoms with Gasteiger partial charge < -0.3 is 14.4 Å². The van der Waals surface area contributed by atoms with Crippen LogP contribution in [0.5, 0.6) is 0 Å². The van der Waals surface area contributed by atoms with Crippen molar-refractivity contribution in [1.82, 2.24) is 4.57 Å². The highest BCUT2D eigenvalue weighted by molar-refractivity contribution is 7.26. The summed E-state index contributed by atoms with van der Waals surface area (Å²) in [5, 5.41) is -0.0833. The first kappa shape index (κ1) is 23.2. The third-order valence-electron chi connectivity index (χ3n) is 12.5. The van der Waals surface area contributed by atoms with E-state index in [4.69, 9.17) is 4.11 Å². The fraction of sp³-hybridized carbons (Fsp3) is 0.276. The summed E-state index contributed by atoms with van der Waals surface area (Å²) < 4.78 is 199. The van der Waals surface area contributed by atoms with Crippen LogP contribution in [-0.2, 0) is 21.7 Å². The van der Waals surface area contributed by atoms with Crippen molar-refractivity contribution < 1.29 is 27.4 Å². The van der Waals surface area contributed by atoms with Gasteiger partial charge in [0.05, 0.1) is 61.2 Å². The van der Waals surface area contributed by atoms with Crippen molar-refractivity contribution in [3.05, 3.63) is 143 Å². The summed E-state index contributed by atoms with van der Waals surface area (Å²) in [6.07, 6.45) is 0. The molecule has 63 heavy (non-hydrogen) atoms. The molecule has 0 N–H and O–H groups in total. The van der Waals surface area contributed by atoms with Crippen LogP contribution >= 0.6 is 11.3 Å². The molecule has 0 unspecified atom stereocenters. The second-order valence-electron chi connectivity index (χ2n) is 21.1. The lowest BCUT2D eigenvalue weighted by Crippen LogP contribution is -2.62. The van der Waals surface area contributed by atoms with Gasteiger partial charge in [0, 0.05) is 48.0 Å². The van der Waals surface area contributed by atoms with E-state index in [9.17, 15) is 23.3 Å². The van der Waals surface area contributed by atoms with E-state index in [0.717, 1.165) is 11.3 Å². The highest BCUT2D eigenvalue weighted by Gasteiger charge is 2.47. The van der Waals surface area contributed by atoms with Crippen LogP contribution in [0.25, 0.3) is 47.7 Å². The van der Waals surface area contributed by atoms with Crippen molar-refractivity contribution in [2.45, 2.75) is 105 Å². The molecule has 2 aromatic heterocycles. The first-order valence-corrected chi connectivity index (χ1v) is 22.1. The summed E-state index contributed by atoms with van der Waals surface area (Å²) in [5.41, 5.74) is -4.98. The third kappa shape index (κ3) is 5.38. The van der Waals surface area contributed by atoms with Gasteiger partial charge in [-0.1, -0.05) is 137 Å². The maximum Gasteiger partial charge on any atom is 0.252 e. The summed E-state index contributed by atoms with van der Waals surface area (Å²) in [4.78, 5) is 2.84. The second-order valence-corrected chi connectivity index (χ2v) is 22.1. The van der Waals surface area contributed by atoms with Gasteiger partial charge in [-0.15, -0.1) is 11.3 Å². The van der Waals surface area contributed by atoms with Gasteiger partial charge in [-0.2, -0.15) is 0 Å². The number of benzene rings is 7. The molecule has 7 aromatic carbocycles. The fourth-order valence-corrected chi connectivity index (χ4v) is 10.2. The van der Waals surface area contributed by atoms with Gasteiger partial charge in [-0.3, -0.25) is 0 Å². The molecule has 5 heterocycles. The van der Waals surface area contributed by atoms with E-state index in [1.807, 2.05) is 41.5 Å². The quantitative estimate of drug-likeness (QED) is 0.152. The van der Waals surface area contributed by atoms with Gasteiger partial charge in [0.2, 0.25) is 0 Å². The Morgan fingerprint density at radius 3 is 1.76 bits per heavy atom. The van der Waals surface area contributed by atoms with E-state index in [1.165, 1.54) is 9.47 Å². The normalized spacial score (nSPS) is 19.0. The highest BCUT2D eigenvalue weighted by atomic mass is 32.1. The molecular formula is C58H56BN3S. The number of anilines is 6. The zero-order valence-electron chi connectivity index (χ0n) is 57.3. The van der Waals surface area contributed by atoms with Crippen LogP contribution in [0.1, 0.15) is 133 Å².